The van der Waals surface area contributed by atoms with Crippen molar-refractivity contribution in [1.29, 1.82) is 0 Å². The third-order valence-electron chi connectivity index (χ3n) is 5.56. The van der Waals surface area contributed by atoms with Crippen molar-refractivity contribution in [2.45, 2.75) is 52.2 Å². The molecule has 1 heterocycles. The van der Waals surface area contributed by atoms with Crippen molar-refractivity contribution in [3.8, 4) is 0 Å². The Balaban J connectivity index is 0.00000363. The lowest BCUT2D eigenvalue weighted by Crippen LogP contribution is -2.44. The molecule has 1 amide bonds. The number of benzene rings is 2. The number of aliphatic imine (C=N–C) groups is 1. The molecular weight excluding hydrogens is 513 g/mol. The zero-order chi connectivity index (χ0) is 22.1. The van der Waals surface area contributed by atoms with Gasteiger partial charge in [0.1, 0.15) is 0 Å². The van der Waals surface area contributed by atoms with Gasteiger partial charge in [-0.15, -0.1) is 24.0 Å². The summed E-state index contributed by atoms with van der Waals surface area (Å²) in [6.07, 6.45) is 1.97. The summed E-state index contributed by atoms with van der Waals surface area (Å²) >= 11 is 0. The average Bonchev–Trinajstić information content (AvgIpc) is 3.08. The van der Waals surface area contributed by atoms with Crippen molar-refractivity contribution >= 4 is 41.5 Å². The van der Waals surface area contributed by atoms with Crippen LogP contribution in [0.5, 0.6) is 0 Å². The minimum absolute atomic E-state index is 0. The second kappa shape index (κ2) is 13.4. The number of guanidine groups is 1. The van der Waals surface area contributed by atoms with Gasteiger partial charge < -0.3 is 16.0 Å². The Labute approximate surface area is 209 Å². The maximum atomic E-state index is 11.1. The number of halogens is 1. The molecule has 0 spiro atoms. The van der Waals surface area contributed by atoms with Gasteiger partial charge in [-0.3, -0.25) is 14.7 Å². The first kappa shape index (κ1) is 26.1. The molecule has 1 fully saturated rings. The lowest BCUT2D eigenvalue weighted by atomic mass is 10.1. The molecule has 0 radical (unpaired) electrons. The Morgan fingerprint density at radius 1 is 1.09 bits per heavy atom. The van der Waals surface area contributed by atoms with E-state index in [1.165, 1.54) is 18.1 Å². The monoisotopic (exact) mass is 549 g/mol. The molecule has 2 atom stereocenters. The highest BCUT2D eigenvalue weighted by Crippen LogP contribution is 2.20. The molecule has 6 nitrogen and oxygen atoms in total. The van der Waals surface area contributed by atoms with E-state index in [4.69, 9.17) is 4.99 Å². The first-order valence-electron chi connectivity index (χ1n) is 11.2. The van der Waals surface area contributed by atoms with E-state index in [2.05, 4.69) is 65.0 Å². The van der Waals surface area contributed by atoms with Gasteiger partial charge >= 0.3 is 0 Å². The van der Waals surface area contributed by atoms with Crippen molar-refractivity contribution in [2.24, 2.45) is 4.99 Å². The van der Waals surface area contributed by atoms with Crippen molar-refractivity contribution in [2.75, 3.05) is 25.0 Å². The van der Waals surface area contributed by atoms with Crippen molar-refractivity contribution < 1.29 is 4.79 Å². The molecule has 3 rings (SSSR count). The molecule has 2 aromatic rings. The van der Waals surface area contributed by atoms with Crippen LogP contribution in [0.4, 0.5) is 5.69 Å². The molecule has 2 unspecified atom stereocenters. The lowest BCUT2D eigenvalue weighted by Gasteiger charge is -2.21. The molecule has 2 aromatic carbocycles. The van der Waals surface area contributed by atoms with E-state index in [0.717, 1.165) is 44.1 Å². The minimum Gasteiger partial charge on any atom is -0.357 e. The summed E-state index contributed by atoms with van der Waals surface area (Å²) in [5.74, 6) is 0.832. The lowest BCUT2D eigenvalue weighted by molar-refractivity contribution is -0.114. The van der Waals surface area contributed by atoms with E-state index in [-0.39, 0.29) is 29.9 Å². The number of anilines is 1. The molecule has 0 aliphatic carbocycles. The number of hydrogen-bond donors (Lipinski definition) is 3. The van der Waals surface area contributed by atoms with Crippen molar-refractivity contribution in [3.63, 3.8) is 0 Å². The van der Waals surface area contributed by atoms with Gasteiger partial charge in [-0.25, -0.2) is 0 Å². The molecular formula is C25H36IN5O. The van der Waals surface area contributed by atoms with Crippen molar-refractivity contribution in [1.82, 2.24) is 15.5 Å². The van der Waals surface area contributed by atoms with E-state index in [9.17, 15) is 4.79 Å². The molecule has 0 saturated carbocycles. The molecule has 0 aromatic heterocycles. The normalized spacial score (nSPS) is 18.7. The van der Waals surface area contributed by atoms with Crippen molar-refractivity contribution in [3.05, 3.63) is 65.7 Å². The molecule has 3 N–H and O–H groups in total. The number of amides is 1. The van der Waals surface area contributed by atoms with E-state index in [1.807, 2.05) is 24.3 Å². The fraction of sp³-hybridized carbons (Fsp3) is 0.440. The molecule has 0 bridgehead atoms. The average molecular weight is 550 g/mol. The van der Waals surface area contributed by atoms with Crippen LogP contribution in [-0.2, 0) is 17.8 Å². The van der Waals surface area contributed by atoms with Gasteiger partial charge in [0, 0.05) is 50.9 Å². The number of carbonyl (C=O) groups is 1. The van der Waals surface area contributed by atoms with Crippen LogP contribution in [0.25, 0.3) is 0 Å². The predicted octanol–water partition coefficient (Wildman–Crippen LogP) is 4.02. The number of likely N-dealkylation sites (tertiary alicyclic amines) is 1. The SMILES string of the molecule is CCNC(=NCCc1ccc(NC(C)=O)cc1)NC1CC(C)N(Cc2ccccc2)C1.I. The number of carbonyl (C=O) groups excluding carboxylic acids is 1. The Morgan fingerprint density at radius 3 is 2.47 bits per heavy atom. The first-order chi connectivity index (χ1) is 15.0. The zero-order valence-electron chi connectivity index (χ0n) is 19.3. The van der Waals surface area contributed by atoms with Gasteiger partial charge in [0.25, 0.3) is 0 Å². The van der Waals surface area contributed by atoms with Crippen LogP contribution in [0.2, 0.25) is 0 Å². The standard InChI is InChI=1S/C25H35N5O.HI/c1-4-26-25(27-15-14-21-10-12-23(13-11-21)28-20(3)31)29-24-16-19(2)30(18-24)17-22-8-6-5-7-9-22;/h5-13,19,24H,4,14-18H2,1-3H3,(H,28,31)(H2,26,27,29);1H. The first-order valence-corrected chi connectivity index (χ1v) is 11.2. The quantitative estimate of drug-likeness (QED) is 0.265. The van der Waals surface area contributed by atoms with Crippen LogP contribution in [-0.4, -0.2) is 48.5 Å². The van der Waals surface area contributed by atoms with Gasteiger partial charge in [0.2, 0.25) is 5.91 Å². The minimum atomic E-state index is -0.0535. The Kier molecular flexibility index (Phi) is 11.0. The Hall–Kier alpha value is -2.13. The smallest absolute Gasteiger partial charge is 0.221 e. The third kappa shape index (κ3) is 8.43. The number of nitrogens with zero attached hydrogens (tertiary/aromatic N) is 2. The van der Waals surface area contributed by atoms with Crippen LogP contribution >= 0.6 is 24.0 Å². The van der Waals surface area contributed by atoms with Crippen LogP contribution in [0.1, 0.15) is 38.3 Å². The molecule has 1 aliphatic rings. The second-order valence-corrected chi connectivity index (χ2v) is 8.23. The van der Waals surface area contributed by atoms with E-state index in [0.29, 0.717) is 18.6 Å². The number of rotatable bonds is 8. The zero-order valence-corrected chi connectivity index (χ0v) is 21.6. The molecule has 7 heteroatoms. The van der Waals surface area contributed by atoms with Crippen LogP contribution in [0.15, 0.2) is 59.6 Å². The van der Waals surface area contributed by atoms with Crippen LogP contribution in [0, 0.1) is 0 Å². The maximum Gasteiger partial charge on any atom is 0.221 e. The summed E-state index contributed by atoms with van der Waals surface area (Å²) in [5.41, 5.74) is 3.39. The highest BCUT2D eigenvalue weighted by Gasteiger charge is 2.29. The largest absolute Gasteiger partial charge is 0.357 e. The molecule has 174 valence electrons. The number of nitrogens with one attached hydrogen (secondary N) is 3. The molecule has 1 saturated heterocycles. The van der Waals surface area contributed by atoms with E-state index >= 15 is 0 Å². The predicted molar refractivity (Wildman–Crippen MR) is 144 cm³/mol. The summed E-state index contributed by atoms with van der Waals surface area (Å²) in [6, 6.07) is 19.6. The highest BCUT2D eigenvalue weighted by molar-refractivity contribution is 14.0. The molecule has 1 aliphatic heterocycles. The summed E-state index contributed by atoms with van der Waals surface area (Å²) in [5, 5.41) is 9.80. The summed E-state index contributed by atoms with van der Waals surface area (Å²) in [4.78, 5) is 18.5. The summed E-state index contributed by atoms with van der Waals surface area (Å²) in [7, 11) is 0. The van der Waals surface area contributed by atoms with Gasteiger partial charge in [0.15, 0.2) is 5.96 Å². The van der Waals surface area contributed by atoms with Crippen LogP contribution in [0.3, 0.4) is 0 Å². The topological polar surface area (TPSA) is 68.8 Å². The second-order valence-electron chi connectivity index (χ2n) is 8.23. The van der Waals surface area contributed by atoms with Gasteiger partial charge in [0.05, 0.1) is 0 Å². The van der Waals surface area contributed by atoms with E-state index in [1.54, 1.807) is 0 Å². The van der Waals surface area contributed by atoms with E-state index < -0.39 is 0 Å². The fourth-order valence-electron chi connectivity index (χ4n) is 4.01. The highest BCUT2D eigenvalue weighted by atomic mass is 127. The third-order valence-corrected chi connectivity index (χ3v) is 5.56. The summed E-state index contributed by atoms with van der Waals surface area (Å²) < 4.78 is 0. The Bertz CT molecular complexity index is 856. The summed E-state index contributed by atoms with van der Waals surface area (Å²) in [6.45, 7) is 9.48. The fourth-order valence-corrected chi connectivity index (χ4v) is 4.01. The molecule has 32 heavy (non-hydrogen) atoms. The number of hydrogen-bond acceptors (Lipinski definition) is 3. The van der Waals surface area contributed by atoms with Gasteiger partial charge in [-0.05, 0) is 49.9 Å². The Morgan fingerprint density at radius 2 is 1.81 bits per heavy atom. The van der Waals surface area contributed by atoms with Gasteiger partial charge in [-0.1, -0.05) is 42.5 Å². The van der Waals surface area contributed by atoms with Crippen LogP contribution < -0.4 is 16.0 Å². The van der Waals surface area contributed by atoms with Gasteiger partial charge in [-0.2, -0.15) is 0 Å². The maximum absolute atomic E-state index is 11.1.